The summed E-state index contributed by atoms with van der Waals surface area (Å²) < 4.78 is 0. The first-order chi connectivity index (χ1) is 14.0. The Bertz CT molecular complexity index is 848. The Morgan fingerprint density at radius 2 is 2.03 bits per heavy atom. The van der Waals surface area contributed by atoms with Gasteiger partial charge < -0.3 is 10.0 Å². The smallest absolute Gasteiger partial charge is 0.253 e. The first-order valence-electron chi connectivity index (χ1n) is 10.0. The van der Waals surface area contributed by atoms with E-state index < -0.39 is 5.54 Å². The van der Waals surface area contributed by atoms with E-state index in [4.69, 9.17) is 11.6 Å². The Morgan fingerprint density at radius 1 is 1.24 bits per heavy atom. The number of nitrogens with zero attached hydrogens (tertiary/aromatic N) is 4. The number of aliphatic hydroxyl groups excluding tert-OH is 1. The van der Waals surface area contributed by atoms with E-state index >= 15 is 0 Å². The van der Waals surface area contributed by atoms with Crippen molar-refractivity contribution >= 4 is 17.5 Å². The van der Waals surface area contributed by atoms with Crippen LogP contribution in [0.3, 0.4) is 0 Å². The molecule has 0 spiro atoms. The van der Waals surface area contributed by atoms with Crippen molar-refractivity contribution in [1.29, 1.82) is 0 Å². The van der Waals surface area contributed by atoms with E-state index in [1.165, 1.54) is 5.56 Å². The van der Waals surface area contributed by atoms with E-state index in [1.807, 2.05) is 17.2 Å². The second-order valence-electron chi connectivity index (χ2n) is 8.29. The SMILES string of the molecule is C[C@@]1(CO)CN(C(=O)c2ccc(Cl)cc2)C[C@@H]2CN(Cc3cccnc3)CCN21. The molecule has 1 aromatic heterocycles. The minimum Gasteiger partial charge on any atom is -0.394 e. The number of halogens is 1. The van der Waals surface area contributed by atoms with Gasteiger partial charge in [0.1, 0.15) is 0 Å². The van der Waals surface area contributed by atoms with Gasteiger partial charge in [-0.15, -0.1) is 0 Å². The lowest BCUT2D eigenvalue weighted by atomic mass is 9.91. The number of carbonyl (C=O) groups excluding carboxylic acids is 1. The Balaban J connectivity index is 1.51. The molecule has 7 heteroatoms. The molecule has 2 fully saturated rings. The summed E-state index contributed by atoms with van der Waals surface area (Å²) in [6.07, 6.45) is 3.69. The number of amides is 1. The molecule has 0 saturated carbocycles. The molecule has 1 amide bonds. The minimum absolute atomic E-state index is 0.00891. The van der Waals surface area contributed by atoms with Gasteiger partial charge >= 0.3 is 0 Å². The van der Waals surface area contributed by atoms with Crippen molar-refractivity contribution in [3.63, 3.8) is 0 Å². The zero-order valence-corrected chi connectivity index (χ0v) is 17.4. The molecule has 1 aromatic carbocycles. The summed E-state index contributed by atoms with van der Waals surface area (Å²) in [4.78, 5) is 24.0. The van der Waals surface area contributed by atoms with Crippen LogP contribution in [0.25, 0.3) is 0 Å². The Labute approximate surface area is 176 Å². The molecule has 2 saturated heterocycles. The van der Waals surface area contributed by atoms with Gasteiger partial charge in [-0.05, 0) is 42.8 Å². The van der Waals surface area contributed by atoms with Crippen molar-refractivity contribution in [2.75, 3.05) is 39.3 Å². The van der Waals surface area contributed by atoms with Crippen molar-refractivity contribution in [3.8, 4) is 0 Å². The molecule has 154 valence electrons. The third-order valence-electron chi connectivity index (χ3n) is 6.07. The molecule has 2 aromatic rings. The van der Waals surface area contributed by atoms with E-state index in [2.05, 4.69) is 27.8 Å². The average Bonchev–Trinajstić information content (AvgIpc) is 2.74. The fraction of sp³-hybridized carbons (Fsp3) is 0.455. The van der Waals surface area contributed by atoms with Crippen LogP contribution in [0.1, 0.15) is 22.8 Å². The van der Waals surface area contributed by atoms with Crippen LogP contribution >= 0.6 is 11.6 Å². The predicted molar refractivity (Wildman–Crippen MR) is 113 cm³/mol. The van der Waals surface area contributed by atoms with Crippen LogP contribution in [-0.4, -0.2) is 81.6 Å². The lowest BCUT2D eigenvalue weighted by Gasteiger charge is -2.56. The predicted octanol–water partition coefficient (Wildman–Crippen LogP) is 2.13. The molecule has 6 nitrogen and oxygen atoms in total. The van der Waals surface area contributed by atoms with Crippen molar-refractivity contribution < 1.29 is 9.90 Å². The largest absolute Gasteiger partial charge is 0.394 e. The van der Waals surface area contributed by atoms with Crippen LogP contribution in [0.4, 0.5) is 0 Å². The number of pyridine rings is 1. The highest BCUT2D eigenvalue weighted by Gasteiger charge is 2.46. The number of piperazine rings is 2. The van der Waals surface area contributed by atoms with Crippen LogP contribution in [-0.2, 0) is 6.54 Å². The highest BCUT2D eigenvalue weighted by Crippen LogP contribution is 2.29. The number of hydrogen-bond acceptors (Lipinski definition) is 5. The maximum absolute atomic E-state index is 13.1. The zero-order valence-electron chi connectivity index (χ0n) is 16.7. The summed E-state index contributed by atoms with van der Waals surface area (Å²) in [7, 11) is 0. The standard InChI is InChI=1S/C22H27ClN4O2/c1-22(16-28)15-26(21(29)18-4-6-19(23)7-5-18)14-20-13-25(9-10-27(20)22)12-17-3-2-8-24-11-17/h2-8,11,20,28H,9-10,12-16H2,1H3/t20-,22-/m0/s1. The molecule has 0 aliphatic carbocycles. The number of aliphatic hydroxyl groups is 1. The highest BCUT2D eigenvalue weighted by atomic mass is 35.5. The third-order valence-corrected chi connectivity index (χ3v) is 6.32. The molecular formula is C22H27ClN4O2. The van der Waals surface area contributed by atoms with Gasteiger partial charge in [0.25, 0.3) is 5.91 Å². The monoisotopic (exact) mass is 414 g/mol. The molecular weight excluding hydrogens is 388 g/mol. The van der Waals surface area contributed by atoms with Crippen molar-refractivity contribution in [2.24, 2.45) is 0 Å². The van der Waals surface area contributed by atoms with Gasteiger partial charge in [-0.2, -0.15) is 0 Å². The van der Waals surface area contributed by atoms with Gasteiger partial charge in [0.2, 0.25) is 0 Å². The first kappa shape index (κ1) is 20.3. The second-order valence-corrected chi connectivity index (χ2v) is 8.73. The average molecular weight is 415 g/mol. The Morgan fingerprint density at radius 3 is 2.72 bits per heavy atom. The van der Waals surface area contributed by atoms with E-state index in [1.54, 1.807) is 30.5 Å². The van der Waals surface area contributed by atoms with Crippen LogP contribution in [0.5, 0.6) is 0 Å². The summed E-state index contributed by atoms with van der Waals surface area (Å²) in [5.74, 6) is -0.00891. The van der Waals surface area contributed by atoms with Crippen LogP contribution in [0.15, 0.2) is 48.8 Å². The molecule has 0 radical (unpaired) electrons. The topological polar surface area (TPSA) is 59.9 Å². The number of aromatic nitrogens is 1. The molecule has 3 heterocycles. The maximum atomic E-state index is 13.1. The van der Waals surface area contributed by atoms with E-state index in [-0.39, 0.29) is 18.6 Å². The molecule has 29 heavy (non-hydrogen) atoms. The molecule has 1 N–H and O–H groups in total. The number of benzene rings is 1. The fourth-order valence-electron chi connectivity index (χ4n) is 4.57. The zero-order chi connectivity index (χ0) is 20.4. The summed E-state index contributed by atoms with van der Waals surface area (Å²) >= 11 is 5.97. The maximum Gasteiger partial charge on any atom is 0.253 e. The highest BCUT2D eigenvalue weighted by molar-refractivity contribution is 6.30. The van der Waals surface area contributed by atoms with E-state index in [9.17, 15) is 9.90 Å². The number of fused-ring (bicyclic) bond motifs is 1. The summed E-state index contributed by atoms with van der Waals surface area (Å²) in [5, 5.41) is 10.8. The van der Waals surface area contributed by atoms with Crippen LogP contribution in [0.2, 0.25) is 5.02 Å². The van der Waals surface area contributed by atoms with Gasteiger partial charge in [-0.1, -0.05) is 17.7 Å². The summed E-state index contributed by atoms with van der Waals surface area (Å²) in [5.41, 5.74) is 1.38. The third kappa shape index (κ3) is 4.31. The quantitative estimate of drug-likeness (QED) is 0.830. The lowest BCUT2D eigenvalue weighted by molar-refractivity contribution is -0.0846. The van der Waals surface area contributed by atoms with E-state index in [0.717, 1.165) is 26.2 Å². The molecule has 2 aliphatic rings. The van der Waals surface area contributed by atoms with Crippen molar-refractivity contribution in [1.82, 2.24) is 19.7 Å². The van der Waals surface area contributed by atoms with Crippen LogP contribution in [0, 0.1) is 0 Å². The number of hydrogen-bond donors (Lipinski definition) is 1. The van der Waals surface area contributed by atoms with Gasteiger partial charge in [-0.3, -0.25) is 19.6 Å². The minimum atomic E-state index is -0.439. The molecule has 0 unspecified atom stereocenters. The Hall–Kier alpha value is -1.99. The molecule has 4 rings (SSSR count). The summed E-state index contributed by atoms with van der Waals surface area (Å²) in [6.45, 7) is 6.77. The molecule has 2 aliphatic heterocycles. The molecule has 0 bridgehead atoms. The van der Waals surface area contributed by atoms with Gasteiger partial charge in [0.05, 0.1) is 12.1 Å². The lowest BCUT2D eigenvalue weighted by Crippen LogP contribution is -2.72. The molecule has 2 atom stereocenters. The normalized spacial score (nSPS) is 25.6. The van der Waals surface area contributed by atoms with Crippen molar-refractivity contribution in [2.45, 2.75) is 25.0 Å². The van der Waals surface area contributed by atoms with Gasteiger partial charge in [-0.25, -0.2) is 0 Å². The van der Waals surface area contributed by atoms with Gasteiger partial charge in [0, 0.05) is 68.3 Å². The summed E-state index contributed by atoms with van der Waals surface area (Å²) in [6, 6.07) is 11.3. The van der Waals surface area contributed by atoms with E-state index in [0.29, 0.717) is 23.7 Å². The second kappa shape index (κ2) is 8.40. The van der Waals surface area contributed by atoms with Crippen LogP contribution < -0.4 is 0 Å². The van der Waals surface area contributed by atoms with Gasteiger partial charge in [0.15, 0.2) is 0 Å². The number of carbonyl (C=O) groups is 1. The Kier molecular flexibility index (Phi) is 5.88. The number of rotatable bonds is 4. The first-order valence-corrected chi connectivity index (χ1v) is 10.4. The fourth-order valence-corrected chi connectivity index (χ4v) is 4.70. The van der Waals surface area contributed by atoms with Crippen molar-refractivity contribution in [3.05, 3.63) is 64.9 Å².